The van der Waals surface area contributed by atoms with Gasteiger partial charge in [0.1, 0.15) is 88.3 Å². The Morgan fingerprint density at radius 3 is 1.19 bits per heavy atom. The Balaban J connectivity index is 0.000000187. The highest BCUT2D eigenvalue weighted by Gasteiger charge is 2.65. The number of hydrogen-bond acceptors (Lipinski definition) is 26. The Morgan fingerprint density at radius 1 is 0.483 bits per heavy atom. The molecule has 3 aromatic carbocycles. The van der Waals surface area contributed by atoms with E-state index in [1.165, 1.54) is 58.1 Å². The molecule has 3 saturated heterocycles. The van der Waals surface area contributed by atoms with Crippen LogP contribution < -0.4 is 41.8 Å². The van der Waals surface area contributed by atoms with Gasteiger partial charge < -0.3 is 84.6 Å². The lowest BCUT2D eigenvalue weighted by Gasteiger charge is -2.41. The van der Waals surface area contributed by atoms with Crippen LogP contribution in [0.1, 0.15) is 213 Å². The van der Waals surface area contributed by atoms with Gasteiger partial charge in [0.2, 0.25) is 43.7 Å². The van der Waals surface area contributed by atoms with Gasteiger partial charge in [0.15, 0.2) is 13.9 Å². The van der Waals surface area contributed by atoms with Crippen molar-refractivity contribution in [2.45, 2.75) is 348 Å². The van der Waals surface area contributed by atoms with E-state index < -0.39 is 206 Å². The number of hydrogen-bond donors (Lipinski definition) is 8. The smallest absolute Gasteiger partial charge is 0.410 e. The minimum atomic E-state index is -3.93. The number of nitrogens with one attached hydrogen (secondary N) is 7. The topological polar surface area (TPSA) is 492 Å². The fraction of sp³-hybridized carbons (Fsp3) is 0.590. The molecule has 11 amide bonds. The van der Waals surface area contributed by atoms with Crippen LogP contribution in [-0.2, 0) is 135 Å². The highest BCUT2D eigenvalue weighted by molar-refractivity contribution is 7.91. The maximum Gasteiger partial charge on any atom is 0.410 e. The number of ether oxygens (including phenoxy) is 7. The molecule has 16 atom stereocenters. The van der Waals surface area contributed by atoms with Crippen molar-refractivity contribution in [1.82, 2.24) is 60.5 Å². The van der Waals surface area contributed by atoms with Gasteiger partial charge in [0.25, 0.3) is 11.8 Å². The molecule has 0 aromatic heterocycles. The molecule has 38 nitrogen and oxygen atoms in total. The predicted octanol–water partition coefficient (Wildman–Crippen LogP) is 9.96. The number of esters is 2. The number of rotatable bonds is 19. The first-order chi connectivity index (χ1) is 67.4. The van der Waals surface area contributed by atoms with E-state index >= 15 is 0 Å². The first-order valence-electron chi connectivity index (χ1n) is 48.5. The lowest BCUT2D eigenvalue weighted by molar-refractivity contribution is -0.423. The second kappa shape index (κ2) is 45.5. The Bertz CT molecular complexity index is 5780. The summed E-state index contributed by atoms with van der Waals surface area (Å²) in [5.74, 6) is -6.18. The van der Waals surface area contributed by atoms with E-state index in [-0.39, 0.29) is 123 Å². The molecule has 4 aliphatic carbocycles. The molecule has 0 unspecified atom stereocenters. The Hall–Kier alpha value is -11.5. The molecule has 9 aliphatic heterocycles. The largest absolute Gasteiger partial charge is 0.467 e. The fourth-order valence-electron chi connectivity index (χ4n) is 18.6. The minimum absolute atomic E-state index is 0. The molecule has 0 spiro atoms. The van der Waals surface area contributed by atoms with E-state index in [4.69, 9.17) is 37.6 Å². The zero-order valence-corrected chi connectivity index (χ0v) is 88.3. The average molecular weight is 2110 g/mol. The summed E-state index contributed by atoms with van der Waals surface area (Å²) in [6.45, 7) is 35.4. The third-order valence-corrected chi connectivity index (χ3v) is 35.9. The van der Waals surface area contributed by atoms with Crippen LogP contribution in [0.3, 0.4) is 0 Å². The molecule has 45 heteroatoms. The molecule has 145 heavy (non-hydrogen) atoms. The highest BCUT2D eigenvalue weighted by atomic mass is 35.5. The van der Waals surface area contributed by atoms with Gasteiger partial charge in [-0.05, 0) is 186 Å². The number of amides is 11. The number of halogens is 4. The monoisotopic (exact) mass is 2100 g/mol. The van der Waals surface area contributed by atoms with Crippen molar-refractivity contribution in [3.05, 3.63) is 167 Å². The van der Waals surface area contributed by atoms with Crippen LogP contribution in [-0.4, -0.2) is 253 Å². The van der Waals surface area contributed by atoms with Gasteiger partial charge in [-0.1, -0.05) is 106 Å². The maximum absolute atomic E-state index is 14.4. The van der Waals surface area contributed by atoms with E-state index in [2.05, 4.69) is 88.8 Å². The summed E-state index contributed by atoms with van der Waals surface area (Å²) in [5, 5.41) is 12.6. The van der Waals surface area contributed by atoms with Crippen LogP contribution in [0.4, 0.5) is 37.1 Å². The molecule has 10 N–H and O–H groups in total. The van der Waals surface area contributed by atoms with Gasteiger partial charge >= 0.3 is 42.4 Å². The normalized spacial score (nSPS) is 27.5. The van der Waals surface area contributed by atoms with Crippen LogP contribution in [0.5, 0.6) is 0 Å². The van der Waals surface area contributed by atoms with Crippen LogP contribution >= 0.6 is 12.4 Å². The first kappa shape index (κ1) is 114. The van der Waals surface area contributed by atoms with Gasteiger partial charge in [0.05, 0.1) is 62.0 Å². The number of benzene rings is 3. The zero-order chi connectivity index (χ0) is 106. The zero-order valence-electron chi connectivity index (χ0n) is 84.8. The van der Waals surface area contributed by atoms with Crippen molar-refractivity contribution in [2.24, 2.45) is 11.8 Å². The van der Waals surface area contributed by atoms with E-state index in [9.17, 15) is 92.3 Å². The van der Waals surface area contributed by atoms with Crippen molar-refractivity contribution < 1.29 is 136 Å². The average Bonchev–Trinajstić information content (AvgIpc) is 1.57. The lowest BCUT2D eigenvalue weighted by Crippen LogP contribution is -2.72. The molecule has 0 radical (unpaired) electrons. The van der Waals surface area contributed by atoms with Crippen molar-refractivity contribution in [3.8, 4) is 0 Å². The summed E-state index contributed by atoms with van der Waals surface area (Å²) >= 11 is 0. The van der Waals surface area contributed by atoms with Crippen molar-refractivity contribution in [1.29, 1.82) is 0 Å². The second-order valence-corrected chi connectivity index (χ2v) is 51.6. The van der Waals surface area contributed by atoms with Crippen LogP contribution in [0, 0.1) is 29.3 Å². The Morgan fingerprint density at radius 2 is 0.841 bits per heavy atom. The van der Waals surface area contributed by atoms with Crippen molar-refractivity contribution in [2.75, 3.05) is 14.2 Å². The van der Waals surface area contributed by atoms with E-state index in [1.54, 1.807) is 122 Å². The summed E-state index contributed by atoms with van der Waals surface area (Å²) in [6, 6.07) is 6.71. The third-order valence-electron chi connectivity index (χ3n) is 27.7. The molecular weight excluding hydrogens is 1970 g/mol. The molecule has 0 bridgehead atoms. The molecule has 13 aliphatic rings. The van der Waals surface area contributed by atoms with Gasteiger partial charge in [-0.2, -0.15) is 0 Å². The van der Waals surface area contributed by atoms with Gasteiger partial charge in [-0.15, -0.1) is 25.6 Å². The summed E-state index contributed by atoms with van der Waals surface area (Å²) in [7, 11) is -6.97. The number of methoxy groups -OCH3 is 2. The lowest BCUT2D eigenvalue weighted by atomic mass is 10.0. The summed E-state index contributed by atoms with van der Waals surface area (Å²) < 4.78 is 138. The summed E-state index contributed by atoms with van der Waals surface area (Å²) in [4.78, 5) is 177. The van der Waals surface area contributed by atoms with E-state index in [0.717, 1.165) is 17.7 Å². The Labute approximate surface area is 851 Å². The van der Waals surface area contributed by atoms with E-state index in [1.807, 2.05) is 24.3 Å². The molecule has 796 valence electrons. The number of sulfonamides is 2. The number of carbonyl (C=O) groups is 13. The van der Waals surface area contributed by atoms with Gasteiger partial charge in [-0.3, -0.25) is 43.3 Å². The second-order valence-electron chi connectivity index (χ2n) is 42.9. The third kappa shape index (κ3) is 27.7. The van der Waals surface area contributed by atoms with Crippen molar-refractivity contribution in [3.63, 3.8) is 0 Å². The number of fused-ring (bicyclic) bond motifs is 6. The highest BCUT2D eigenvalue weighted by Crippen LogP contribution is 2.48. The first-order valence-corrected chi connectivity index (χ1v) is 54.5. The van der Waals surface area contributed by atoms with Crippen LogP contribution in [0.15, 0.2) is 116 Å². The van der Waals surface area contributed by atoms with E-state index in [0.29, 0.717) is 86.6 Å². The number of alkyl carbamates (subject to hydrolysis) is 3. The summed E-state index contributed by atoms with van der Waals surface area (Å²) in [5.41, 5.74) is 3.14. The number of nitrogens with zero attached hydrogens (tertiary/aromatic N) is 5. The minimum Gasteiger partial charge on any atom is -0.467 e. The number of carbonyl (C=O) groups excluding carboxylic acids is 13. The van der Waals surface area contributed by atoms with Crippen LogP contribution in [0.2, 0.25) is 18.1 Å². The quantitative estimate of drug-likeness (QED) is 0.0239. The van der Waals surface area contributed by atoms with Crippen LogP contribution in [0.25, 0.3) is 0 Å². The molecule has 4 saturated carbocycles. The summed E-state index contributed by atoms with van der Waals surface area (Å²) in [6.07, 6.45) is 13.1. The molecular formula is C100H138ClF3N13O25S2Si+. The molecule has 7 fully saturated rings. The molecule has 3 aromatic rings. The maximum atomic E-state index is 14.4. The van der Waals surface area contributed by atoms with Gasteiger partial charge in [0, 0.05) is 80.4 Å². The van der Waals surface area contributed by atoms with Crippen molar-refractivity contribution >= 4 is 119 Å². The Kier molecular flexibility index (Phi) is 35.7. The number of quaternary nitrogens is 1. The SMILES string of the molecule is C=C[C@@H]1C[C@]1(NC(=O)[C@@H]1C[C@@H](OC(=O)N2Cc3cccc(F)c3C2)[C@@H]2C/C=C\C[C@H](NC(=O)OC(C)(C)C)C(=O)N12)C(=O)NS(=O)(=O)C1CC1.C=C[C@@H]1C[C@]1([NH3+])C(=O)NS(=O)(=O)C1CC1.COC(=O)[C@@H]1C[C@@H](OC(=O)N2Cc3cccc(F)c3C2)[C@@H]2C/C=C\C[C@H](NC(=O)OC(C)(C)C)C(=O)N12.COC(=O)[C@@H]1C[C@@H](O[Si](C)(C)C(C)(C)C)[C@@H]2C/C=C\C[C@H](NC(=O)OC(C)(C)C)C(=O)N12.Cl.Fc1cccc2c1CNC2. The fourth-order valence-corrected chi connectivity index (χ4v) is 22.7. The molecule has 16 rings (SSSR count). The molecule has 9 heterocycles. The standard InChI is InChI=1S/C34H42FN5O9S.C26H32FN3O7.C23H40N2O6Si.C9H14N2O3S.C8H8FN.ClH/c1-5-20-16-34(20,30(43)38-50(46,47)21-13-14-21)37-28(41)26-15-27(48-32(45)39-17-19-9-8-10-23(35)22(19)18-39)25-12-7-6-11-24(29(42)40(25)26)36-31(44)49-33(2,3)4;1-26(2,3)37-24(33)28-18-10-5-6-11-19-21(12-20(23(32)35-4)30(19)22(18)31)36-25(34)29-13-15-8-7-9-17(27)16(15)14-29;1-22(2,3)30-21(28)24-15-12-10-11-13-16-18(31-32(8,9)23(4,5)6)14-17(20(27)29-7)25(16)19(15)26;1-2-6-5-9(6,10)8(12)11-15(13,14)7-3-4-7;9-8-3-1-2-6-4-10-5-7(6)8;/h5-10,20-21,24-27H,1,11-18H2,2-4H3,(H,36,44)(H,37,41)(H,38,43);5-9,18-21H,10-14H2,1-4H3,(H,28,33);10-11,15-18H,12-14H2,1-9H3,(H,24,28);2,6-7H,1,3-5,10H2,(H,11,12);1-3,10H,4-5H2;1H/p+1/b7-6-;6-5-;11-10-;;;/t20-,24+,25+,26+,27-,34-;18-,19-,20-,21+;15-,16-,17-,18+;6-,9-;;/m1001../s1. The predicted molar refractivity (Wildman–Crippen MR) is 527 cm³/mol. The van der Waals surface area contributed by atoms with Gasteiger partial charge in [-0.25, -0.2) is 68.3 Å².